The van der Waals surface area contributed by atoms with E-state index in [9.17, 15) is 4.79 Å². The zero-order valence-electron chi connectivity index (χ0n) is 11.5. The van der Waals surface area contributed by atoms with Crippen LogP contribution in [0.25, 0.3) is 0 Å². The van der Waals surface area contributed by atoms with Gasteiger partial charge in [0.1, 0.15) is 6.04 Å². The first-order chi connectivity index (χ1) is 9.47. The predicted molar refractivity (Wildman–Crippen MR) is 82.9 cm³/mol. The third-order valence-corrected chi connectivity index (χ3v) is 3.41. The van der Waals surface area contributed by atoms with Crippen molar-refractivity contribution in [2.75, 3.05) is 5.32 Å². The van der Waals surface area contributed by atoms with Gasteiger partial charge in [-0.25, -0.2) is 0 Å². The fourth-order valence-electron chi connectivity index (χ4n) is 1.86. The van der Waals surface area contributed by atoms with E-state index in [4.69, 9.17) is 17.3 Å². The second-order valence-electron chi connectivity index (χ2n) is 4.84. The third-order valence-electron chi connectivity index (χ3n) is 3.18. The number of hydrogen-bond acceptors (Lipinski definition) is 2. The number of anilines is 1. The van der Waals surface area contributed by atoms with Gasteiger partial charge in [0, 0.05) is 10.7 Å². The molecule has 3 N–H and O–H groups in total. The van der Waals surface area contributed by atoms with Gasteiger partial charge in [-0.2, -0.15) is 0 Å². The van der Waals surface area contributed by atoms with Crippen LogP contribution in [0.3, 0.4) is 0 Å². The molecule has 1 unspecified atom stereocenters. The number of aryl methyl sites for hydroxylation is 2. The molecule has 0 aliphatic rings. The lowest BCUT2D eigenvalue weighted by Crippen LogP contribution is -2.28. The normalized spacial score (nSPS) is 12.0. The Labute approximate surface area is 123 Å². The third kappa shape index (κ3) is 3.38. The highest BCUT2D eigenvalue weighted by Crippen LogP contribution is 2.21. The Morgan fingerprint density at radius 2 is 1.80 bits per heavy atom. The number of carbonyl (C=O) groups excluding carboxylic acids is 1. The molecular weight excluding hydrogens is 272 g/mol. The number of rotatable bonds is 3. The monoisotopic (exact) mass is 288 g/mol. The second kappa shape index (κ2) is 6.07. The molecule has 0 saturated heterocycles. The van der Waals surface area contributed by atoms with Crippen LogP contribution < -0.4 is 11.1 Å². The average Bonchev–Trinajstić information content (AvgIpc) is 2.43. The summed E-state index contributed by atoms with van der Waals surface area (Å²) >= 11 is 5.93. The quantitative estimate of drug-likeness (QED) is 0.907. The molecule has 0 aliphatic carbocycles. The molecule has 4 heteroatoms. The van der Waals surface area contributed by atoms with Crippen LogP contribution in [0.4, 0.5) is 5.69 Å². The molecule has 0 aromatic heterocycles. The number of halogens is 1. The lowest BCUT2D eigenvalue weighted by atomic mass is 10.0. The Bertz CT molecular complexity index is 623. The summed E-state index contributed by atoms with van der Waals surface area (Å²) in [6, 6.07) is 12.3. The standard InChI is InChI=1S/C16H17ClN2O/c1-10-3-6-12(7-4-10)15(18)16(20)19-14-9-13(17)8-5-11(14)2/h3-9,15H,18H2,1-2H3,(H,19,20). The molecule has 2 aromatic rings. The number of amides is 1. The van der Waals surface area contributed by atoms with E-state index in [0.29, 0.717) is 10.7 Å². The molecule has 0 heterocycles. The topological polar surface area (TPSA) is 55.1 Å². The fourth-order valence-corrected chi connectivity index (χ4v) is 2.04. The van der Waals surface area contributed by atoms with Crippen LogP contribution in [-0.4, -0.2) is 5.91 Å². The first-order valence-corrected chi connectivity index (χ1v) is 6.74. The minimum absolute atomic E-state index is 0.251. The van der Waals surface area contributed by atoms with Crippen molar-refractivity contribution < 1.29 is 4.79 Å². The van der Waals surface area contributed by atoms with Crippen molar-refractivity contribution in [2.24, 2.45) is 5.73 Å². The van der Waals surface area contributed by atoms with Crippen molar-refractivity contribution in [3.05, 3.63) is 64.2 Å². The van der Waals surface area contributed by atoms with Gasteiger partial charge >= 0.3 is 0 Å². The van der Waals surface area contributed by atoms with E-state index in [1.165, 1.54) is 0 Å². The Morgan fingerprint density at radius 1 is 1.15 bits per heavy atom. The molecule has 2 rings (SSSR count). The molecule has 0 radical (unpaired) electrons. The lowest BCUT2D eigenvalue weighted by Gasteiger charge is -2.14. The molecule has 0 saturated carbocycles. The molecule has 0 spiro atoms. The van der Waals surface area contributed by atoms with Crippen LogP contribution in [0.2, 0.25) is 5.02 Å². The Morgan fingerprint density at radius 3 is 2.45 bits per heavy atom. The van der Waals surface area contributed by atoms with E-state index in [-0.39, 0.29) is 5.91 Å². The van der Waals surface area contributed by atoms with Crippen LogP contribution in [0.1, 0.15) is 22.7 Å². The summed E-state index contributed by atoms with van der Waals surface area (Å²) in [6.45, 7) is 3.90. The summed E-state index contributed by atoms with van der Waals surface area (Å²) in [6.07, 6.45) is 0. The van der Waals surface area contributed by atoms with Crippen molar-refractivity contribution in [3.8, 4) is 0 Å². The van der Waals surface area contributed by atoms with Gasteiger partial charge in [0.25, 0.3) is 0 Å². The van der Waals surface area contributed by atoms with Gasteiger partial charge in [0.05, 0.1) is 0 Å². The molecule has 3 nitrogen and oxygen atoms in total. The summed E-state index contributed by atoms with van der Waals surface area (Å²) in [5, 5.41) is 3.39. The molecule has 2 aromatic carbocycles. The highest BCUT2D eigenvalue weighted by molar-refractivity contribution is 6.31. The van der Waals surface area contributed by atoms with E-state index in [1.54, 1.807) is 12.1 Å². The molecule has 0 bridgehead atoms. The van der Waals surface area contributed by atoms with Gasteiger partial charge in [-0.15, -0.1) is 0 Å². The van der Waals surface area contributed by atoms with Crippen molar-refractivity contribution in [1.29, 1.82) is 0 Å². The summed E-state index contributed by atoms with van der Waals surface area (Å²) in [7, 11) is 0. The fraction of sp³-hybridized carbons (Fsp3) is 0.188. The zero-order chi connectivity index (χ0) is 14.7. The van der Waals surface area contributed by atoms with Crippen LogP contribution in [0.5, 0.6) is 0 Å². The zero-order valence-corrected chi connectivity index (χ0v) is 12.2. The van der Waals surface area contributed by atoms with Crippen molar-refractivity contribution in [3.63, 3.8) is 0 Å². The number of nitrogens with two attached hydrogens (primary N) is 1. The molecule has 0 fully saturated rings. The molecule has 104 valence electrons. The van der Waals surface area contributed by atoms with Gasteiger partial charge in [-0.3, -0.25) is 4.79 Å². The van der Waals surface area contributed by atoms with Crippen molar-refractivity contribution in [2.45, 2.75) is 19.9 Å². The summed E-state index contributed by atoms with van der Waals surface area (Å²) in [5.41, 5.74) is 9.52. The van der Waals surface area contributed by atoms with Crippen molar-refractivity contribution >= 4 is 23.2 Å². The Balaban J connectivity index is 2.15. The minimum Gasteiger partial charge on any atom is -0.324 e. The Hall–Kier alpha value is -1.84. The van der Waals surface area contributed by atoms with Gasteiger partial charge < -0.3 is 11.1 Å². The van der Waals surface area contributed by atoms with Gasteiger partial charge in [0.15, 0.2) is 0 Å². The smallest absolute Gasteiger partial charge is 0.245 e. The van der Waals surface area contributed by atoms with E-state index >= 15 is 0 Å². The second-order valence-corrected chi connectivity index (χ2v) is 5.27. The van der Waals surface area contributed by atoms with Crippen LogP contribution in [0, 0.1) is 13.8 Å². The maximum Gasteiger partial charge on any atom is 0.245 e. The van der Waals surface area contributed by atoms with E-state index in [2.05, 4.69) is 5.32 Å². The van der Waals surface area contributed by atoms with E-state index < -0.39 is 6.04 Å². The largest absolute Gasteiger partial charge is 0.324 e. The lowest BCUT2D eigenvalue weighted by molar-refractivity contribution is -0.117. The number of carbonyl (C=O) groups is 1. The SMILES string of the molecule is Cc1ccc(C(N)C(=O)Nc2cc(Cl)ccc2C)cc1. The van der Waals surface area contributed by atoms with E-state index in [0.717, 1.165) is 16.7 Å². The molecule has 0 aliphatic heterocycles. The number of nitrogens with one attached hydrogen (secondary N) is 1. The molecule has 1 atom stereocenters. The van der Waals surface area contributed by atoms with E-state index in [1.807, 2.05) is 44.2 Å². The first-order valence-electron chi connectivity index (χ1n) is 6.36. The van der Waals surface area contributed by atoms with Crippen molar-refractivity contribution in [1.82, 2.24) is 0 Å². The highest BCUT2D eigenvalue weighted by Gasteiger charge is 2.16. The van der Waals surface area contributed by atoms with Crippen LogP contribution in [-0.2, 0) is 4.79 Å². The highest BCUT2D eigenvalue weighted by atomic mass is 35.5. The van der Waals surface area contributed by atoms with Gasteiger partial charge in [-0.1, -0.05) is 47.5 Å². The maximum atomic E-state index is 12.2. The molecule has 1 amide bonds. The minimum atomic E-state index is -0.700. The molecular formula is C16H17ClN2O. The average molecular weight is 289 g/mol. The summed E-state index contributed by atoms with van der Waals surface area (Å²) in [5.74, 6) is -0.251. The predicted octanol–water partition coefficient (Wildman–Crippen LogP) is 3.60. The summed E-state index contributed by atoms with van der Waals surface area (Å²) in [4.78, 5) is 12.2. The first kappa shape index (κ1) is 14.6. The number of benzene rings is 2. The summed E-state index contributed by atoms with van der Waals surface area (Å²) < 4.78 is 0. The number of hydrogen-bond donors (Lipinski definition) is 2. The van der Waals surface area contributed by atoms with Gasteiger partial charge in [0.2, 0.25) is 5.91 Å². The molecule has 20 heavy (non-hydrogen) atoms. The van der Waals surface area contributed by atoms with Crippen LogP contribution >= 0.6 is 11.6 Å². The van der Waals surface area contributed by atoms with Crippen LogP contribution in [0.15, 0.2) is 42.5 Å². The maximum absolute atomic E-state index is 12.2. The Kier molecular flexibility index (Phi) is 4.42. The van der Waals surface area contributed by atoms with Gasteiger partial charge in [-0.05, 0) is 37.1 Å².